The fourth-order valence-electron chi connectivity index (χ4n) is 3.50. The van der Waals surface area contributed by atoms with Crippen molar-refractivity contribution in [3.63, 3.8) is 0 Å². The van der Waals surface area contributed by atoms with Crippen molar-refractivity contribution in [1.29, 1.82) is 0 Å². The molecule has 0 saturated carbocycles. The number of nitrogens with one attached hydrogen (secondary N) is 1. The first-order chi connectivity index (χ1) is 10.7. The number of fused-ring (bicyclic) bond motifs is 1. The molecule has 1 aromatic carbocycles. The Hall–Kier alpha value is -1.65. The summed E-state index contributed by atoms with van der Waals surface area (Å²) in [6.07, 6.45) is 4.15. The molecule has 1 aliphatic heterocycles. The van der Waals surface area contributed by atoms with E-state index in [0.29, 0.717) is 6.04 Å². The van der Waals surface area contributed by atoms with Gasteiger partial charge in [0, 0.05) is 17.1 Å². The van der Waals surface area contributed by atoms with Gasteiger partial charge in [-0.15, -0.1) is 0 Å². The lowest BCUT2D eigenvalue weighted by atomic mass is 10.1. The Labute approximate surface area is 130 Å². The molecule has 2 N–H and O–H groups in total. The number of nitrogens with zero attached hydrogens (tertiary/aromatic N) is 1. The van der Waals surface area contributed by atoms with Crippen LogP contribution in [-0.4, -0.2) is 40.7 Å². The smallest absolute Gasteiger partial charge is 0.256 e. The average molecular weight is 300 g/mol. The normalized spacial score (nSPS) is 19.1. The largest absolute Gasteiger partial charge is 0.395 e. The highest BCUT2D eigenvalue weighted by Gasteiger charge is 2.22. The molecule has 4 heteroatoms. The number of hydrogen-bond donors (Lipinski definition) is 2. The second kappa shape index (κ2) is 6.63. The number of pyridine rings is 1. The molecule has 1 aromatic heterocycles. The number of aromatic amines is 1. The molecule has 0 unspecified atom stereocenters. The minimum atomic E-state index is 0.00519. The second-order valence-electron chi connectivity index (χ2n) is 6.28. The van der Waals surface area contributed by atoms with Gasteiger partial charge in [0.1, 0.15) is 0 Å². The van der Waals surface area contributed by atoms with Crippen LogP contribution in [0.1, 0.15) is 30.5 Å². The van der Waals surface area contributed by atoms with Crippen LogP contribution < -0.4 is 5.56 Å². The van der Waals surface area contributed by atoms with Gasteiger partial charge in [0.25, 0.3) is 5.56 Å². The van der Waals surface area contributed by atoms with Gasteiger partial charge >= 0.3 is 0 Å². The van der Waals surface area contributed by atoms with E-state index in [0.717, 1.165) is 54.4 Å². The van der Waals surface area contributed by atoms with E-state index in [1.807, 2.05) is 25.1 Å². The summed E-state index contributed by atoms with van der Waals surface area (Å²) in [6.45, 7) is 4.37. The average Bonchev–Trinajstić information content (AvgIpc) is 2.96. The van der Waals surface area contributed by atoms with E-state index in [4.69, 9.17) is 0 Å². The molecule has 1 aliphatic rings. The summed E-state index contributed by atoms with van der Waals surface area (Å²) < 4.78 is 0. The molecule has 22 heavy (non-hydrogen) atoms. The minimum Gasteiger partial charge on any atom is -0.395 e. The Balaban J connectivity index is 1.69. The minimum absolute atomic E-state index is 0.00519. The Morgan fingerprint density at radius 1 is 1.36 bits per heavy atom. The van der Waals surface area contributed by atoms with Crippen LogP contribution in [-0.2, 0) is 6.42 Å². The highest BCUT2D eigenvalue weighted by molar-refractivity contribution is 5.84. The van der Waals surface area contributed by atoms with Crippen molar-refractivity contribution in [3.8, 4) is 0 Å². The van der Waals surface area contributed by atoms with Gasteiger partial charge in [-0.3, -0.25) is 9.69 Å². The molecule has 4 nitrogen and oxygen atoms in total. The lowest BCUT2D eigenvalue weighted by Gasteiger charge is -2.22. The highest BCUT2D eigenvalue weighted by atomic mass is 16.3. The predicted octanol–water partition coefficient (Wildman–Crippen LogP) is 2.23. The molecule has 118 valence electrons. The van der Waals surface area contributed by atoms with E-state index in [2.05, 4.69) is 16.0 Å². The van der Waals surface area contributed by atoms with E-state index in [-0.39, 0.29) is 12.2 Å². The van der Waals surface area contributed by atoms with Crippen LogP contribution in [0.15, 0.2) is 29.1 Å². The zero-order valence-electron chi connectivity index (χ0n) is 13.1. The van der Waals surface area contributed by atoms with Crippen molar-refractivity contribution in [2.24, 2.45) is 0 Å². The number of hydrogen-bond acceptors (Lipinski definition) is 3. The molecule has 0 radical (unpaired) electrons. The number of aryl methyl sites for hydroxylation is 2. The third-order valence-corrected chi connectivity index (χ3v) is 4.76. The van der Waals surface area contributed by atoms with Gasteiger partial charge < -0.3 is 10.1 Å². The number of aromatic nitrogens is 1. The molecule has 1 saturated heterocycles. The molecular weight excluding hydrogens is 276 g/mol. The third kappa shape index (κ3) is 3.08. The molecule has 0 amide bonds. The number of likely N-dealkylation sites (tertiary alicyclic amines) is 1. The second-order valence-corrected chi connectivity index (χ2v) is 6.28. The SMILES string of the molecule is Cc1cccc2c(=O)[nH]c(CCCN3CCC[C@@H]3CO)cc12. The monoisotopic (exact) mass is 300 g/mol. The summed E-state index contributed by atoms with van der Waals surface area (Å²) in [6, 6.07) is 8.29. The van der Waals surface area contributed by atoms with Crippen molar-refractivity contribution in [2.75, 3.05) is 19.7 Å². The van der Waals surface area contributed by atoms with Gasteiger partial charge in [-0.05, 0) is 68.8 Å². The number of rotatable bonds is 5. The maximum absolute atomic E-state index is 12.2. The van der Waals surface area contributed by atoms with E-state index in [1.165, 1.54) is 6.42 Å². The van der Waals surface area contributed by atoms with Crippen molar-refractivity contribution >= 4 is 10.8 Å². The molecule has 2 aromatic rings. The van der Waals surface area contributed by atoms with Crippen LogP contribution >= 0.6 is 0 Å². The predicted molar refractivity (Wildman–Crippen MR) is 89.3 cm³/mol. The van der Waals surface area contributed by atoms with Crippen molar-refractivity contribution in [3.05, 3.63) is 45.9 Å². The summed E-state index contributed by atoms with van der Waals surface area (Å²) in [5.74, 6) is 0. The molecule has 0 spiro atoms. The van der Waals surface area contributed by atoms with Gasteiger partial charge in [-0.1, -0.05) is 12.1 Å². The molecule has 2 heterocycles. The molecule has 0 bridgehead atoms. The Bertz CT molecular complexity index is 708. The summed E-state index contributed by atoms with van der Waals surface area (Å²) in [7, 11) is 0. The summed E-state index contributed by atoms with van der Waals surface area (Å²) in [5, 5.41) is 11.2. The molecule has 1 fully saturated rings. The van der Waals surface area contributed by atoms with Crippen molar-refractivity contribution in [2.45, 2.75) is 38.6 Å². The standard InChI is InChI=1S/C18H24N2O2/c1-13-5-2-8-16-17(13)11-14(19-18(16)22)6-3-9-20-10-4-7-15(20)12-21/h2,5,8,11,15,21H,3-4,6-7,9-10,12H2,1H3,(H,19,22)/t15-/m1/s1. The fraction of sp³-hybridized carbons (Fsp3) is 0.500. The zero-order valence-corrected chi connectivity index (χ0v) is 13.1. The Morgan fingerprint density at radius 2 is 2.23 bits per heavy atom. The first-order valence-electron chi connectivity index (χ1n) is 8.15. The van der Waals surface area contributed by atoms with Crippen LogP contribution in [0.2, 0.25) is 0 Å². The number of benzene rings is 1. The van der Waals surface area contributed by atoms with Crippen LogP contribution in [0.3, 0.4) is 0 Å². The summed E-state index contributed by atoms with van der Waals surface area (Å²) >= 11 is 0. The Morgan fingerprint density at radius 3 is 3.05 bits per heavy atom. The number of aliphatic hydroxyl groups excluding tert-OH is 1. The van der Waals surface area contributed by atoms with Crippen molar-refractivity contribution < 1.29 is 5.11 Å². The lowest BCUT2D eigenvalue weighted by Crippen LogP contribution is -2.33. The molecule has 3 rings (SSSR count). The number of H-pyrrole nitrogens is 1. The van der Waals surface area contributed by atoms with E-state index in [9.17, 15) is 9.90 Å². The first kappa shape index (κ1) is 15.3. The quantitative estimate of drug-likeness (QED) is 0.890. The van der Waals surface area contributed by atoms with Crippen LogP contribution in [0.5, 0.6) is 0 Å². The Kier molecular flexibility index (Phi) is 4.60. The van der Waals surface area contributed by atoms with Crippen LogP contribution in [0.4, 0.5) is 0 Å². The molecule has 1 atom stereocenters. The highest BCUT2D eigenvalue weighted by Crippen LogP contribution is 2.18. The van der Waals surface area contributed by atoms with E-state index in [1.54, 1.807) is 0 Å². The van der Waals surface area contributed by atoms with E-state index >= 15 is 0 Å². The lowest BCUT2D eigenvalue weighted by molar-refractivity contribution is 0.158. The summed E-state index contributed by atoms with van der Waals surface area (Å²) in [5.41, 5.74) is 2.15. The zero-order chi connectivity index (χ0) is 15.5. The van der Waals surface area contributed by atoms with Gasteiger partial charge in [-0.2, -0.15) is 0 Å². The summed E-state index contributed by atoms with van der Waals surface area (Å²) in [4.78, 5) is 17.5. The molecule has 0 aliphatic carbocycles. The topological polar surface area (TPSA) is 56.3 Å². The van der Waals surface area contributed by atoms with E-state index < -0.39 is 0 Å². The maximum Gasteiger partial charge on any atom is 0.256 e. The number of aliphatic hydroxyl groups is 1. The third-order valence-electron chi connectivity index (χ3n) is 4.76. The molecular formula is C18H24N2O2. The van der Waals surface area contributed by atoms with Gasteiger partial charge in [-0.25, -0.2) is 0 Å². The van der Waals surface area contributed by atoms with Crippen LogP contribution in [0, 0.1) is 6.92 Å². The fourth-order valence-corrected chi connectivity index (χ4v) is 3.50. The maximum atomic E-state index is 12.2. The van der Waals surface area contributed by atoms with Gasteiger partial charge in [0.05, 0.1) is 6.61 Å². The van der Waals surface area contributed by atoms with Gasteiger partial charge in [0.15, 0.2) is 0 Å². The van der Waals surface area contributed by atoms with Crippen LogP contribution in [0.25, 0.3) is 10.8 Å². The van der Waals surface area contributed by atoms with Crippen molar-refractivity contribution in [1.82, 2.24) is 9.88 Å². The first-order valence-corrected chi connectivity index (χ1v) is 8.15. The van der Waals surface area contributed by atoms with Gasteiger partial charge in [0.2, 0.25) is 0 Å².